The van der Waals surface area contributed by atoms with E-state index in [1.807, 2.05) is 13.8 Å². The van der Waals surface area contributed by atoms with Crippen molar-refractivity contribution in [2.45, 2.75) is 71.8 Å². The molecule has 0 bridgehead atoms. The van der Waals surface area contributed by atoms with E-state index in [1.165, 1.54) is 25.7 Å². The molecule has 3 heteroatoms. The van der Waals surface area contributed by atoms with E-state index in [-0.39, 0.29) is 5.92 Å². The Morgan fingerprint density at radius 1 is 1.24 bits per heavy atom. The van der Waals surface area contributed by atoms with Crippen molar-refractivity contribution < 1.29 is 9.90 Å². The van der Waals surface area contributed by atoms with Gasteiger partial charge in [-0.3, -0.25) is 4.99 Å². The first-order valence-electron chi connectivity index (χ1n) is 6.87. The van der Waals surface area contributed by atoms with Gasteiger partial charge in [-0.15, -0.1) is 0 Å². The third-order valence-corrected chi connectivity index (χ3v) is 3.14. The molecular weight excluding hydrogens is 214 g/mol. The number of unbranched alkanes of at least 4 members (excludes halogenated alkanes) is 5. The maximum atomic E-state index is 11.0. The van der Waals surface area contributed by atoms with E-state index in [1.54, 1.807) is 6.21 Å². The van der Waals surface area contributed by atoms with Gasteiger partial charge in [-0.25, -0.2) is 4.79 Å². The lowest BCUT2D eigenvalue weighted by atomic mass is 10.00. The number of aliphatic carboxylic acids is 1. The minimum atomic E-state index is -0.804. The van der Waals surface area contributed by atoms with Crippen LogP contribution in [0, 0.1) is 5.92 Å². The molecule has 0 aliphatic rings. The quantitative estimate of drug-likeness (QED) is 0.465. The molecule has 0 aromatic heterocycles. The number of carboxylic acid groups (broad SMARTS) is 1. The van der Waals surface area contributed by atoms with Gasteiger partial charge in [0.15, 0.2) is 0 Å². The van der Waals surface area contributed by atoms with Crippen LogP contribution >= 0.6 is 0 Å². The summed E-state index contributed by atoms with van der Waals surface area (Å²) in [6.45, 7) is 6.14. The fourth-order valence-corrected chi connectivity index (χ4v) is 1.70. The number of hydrogen-bond acceptors (Lipinski definition) is 2. The van der Waals surface area contributed by atoms with Crippen molar-refractivity contribution in [1.82, 2.24) is 0 Å². The van der Waals surface area contributed by atoms with Crippen LogP contribution < -0.4 is 0 Å². The zero-order valence-electron chi connectivity index (χ0n) is 11.5. The van der Waals surface area contributed by atoms with Gasteiger partial charge >= 0.3 is 5.97 Å². The second-order valence-electron chi connectivity index (χ2n) is 4.70. The molecule has 0 fully saturated rings. The maximum absolute atomic E-state index is 11.0. The number of nitrogens with zero attached hydrogens (tertiary/aromatic N) is 1. The van der Waals surface area contributed by atoms with Gasteiger partial charge < -0.3 is 5.11 Å². The molecule has 2 atom stereocenters. The molecule has 0 heterocycles. The van der Waals surface area contributed by atoms with Crippen molar-refractivity contribution in [1.29, 1.82) is 0 Å². The first kappa shape index (κ1) is 16.1. The molecule has 0 aromatic rings. The molecule has 0 aliphatic heterocycles. The summed E-state index contributed by atoms with van der Waals surface area (Å²) in [7, 11) is 0. The Labute approximate surface area is 105 Å². The second-order valence-corrected chi connectivity index (χ2v) is 4.70. The summed E-state index contributed by atoms with van der Waals surface area (Å²) in [5.41, 5.74) is 0. The molecule has 0 rings (SSSR count). The van der Waals surface area contributed by atoms with Gasteiger partial charge in [-0.05, 0) is 25.0 Å². The highest BCUT2D eigenvalue weighted by atomic mass is 16.4. The van der Waals surface area contributed by atoms with Crippen molar-refractivity contribution in [2.24, 2.45) is 10.9 Å². The van der Waals surface area contributed by atoms with E-state index in [4.69, 9.17) is 5.11 Å². The molecule has 1 N–H and O–H groups in total. The highest BCUT2D eigenvalue weighted by Crippen LogP contribution is 2.12. The summed E-state index contributed by atoms with van der Waals surface area (Å²) in [5.74, 6) is -0.689. The van der Waals surface area contributed by atoms with Gasteiger partial charge in [-0.1, -0.05) is 52.9 Å². The number of hydrogen-bond donors (Lipinski definition) is 1. The fourth-order valence-electron chi connectivity index (χ4n) is 1.70. The highest BCUT2D eigenvalue weighted by Gasteiger charge is 2.21. The monoisotopic (exact) mass is 241 g/mol. The average Bonchev–Trinajstić information content (AvgIpc) is 2.31. The third kappa shape index (κ3) is 7.94. The Bertz CT molecular complexity index is 226. The van der Waals surface area contributed by atoms with E-state index >= 15 is 0 Å². The lowest BCUT2D eigenvalue weighted by molar-refractivity contribution is -0.139. The Kier molecular flexibility index (Phi) is 9.78. The molecule has 0 saturated carbocycles. The fraction of sp³-hybridized carbons (Fsp3) is 0.857. The summed E-state index contributed by atoms with van der Waals surface area (Å²) >= 11 is 0. The van der Waals surface area contributed by atoms with Crippen LogP contribution in [-0.2, 0) is 4.79 Å². The van der Waals surface area contributed by atoms with Gasteiger partial charge in [0.25, 0.3) is 0 Å². The first-order chi connectivity index (χ1) is 8.13. The van der Waals surface area contributed by atoms with Gasteiger partial charge in [0, 0.05) is 0 Å². The van der Waals surface area contributed by atoms with Gasteiger partial charge in [0.2, 0.25) is 0 Å². The summed E-state index contributed by atoms with van der Waals surface area (Å²) < 4.78 is 0. The number of carbonyl (C=O) groups is 1. The lowest BCUT2D eigenvalue weighted by Crippen LogP contribution is -2.25. The standard InChI is InChI=1S/C14H27NO2/c1-4-6-7-8-9-10-11-15-13(14(16)17)12(3)5-2/h11-13H,4-10H2,1-3H3,(H,16,17)/t12-,13-/m0/s1. The molecule has 17 heavy (non-hydrogen) atoms. The molecular formula is C14H27NO2. The summed E-state index contributed by atoms with van der Waals surface area (Å²) in [4.78, 5) is 15.2. The van der Waals surface area contributed by atoms with Gasteiger partial charge in [0.05, 0.1) is 0 Å². The molecule has 0 radical (unpaired) electrons. The Morgan fingerprint density at radius 3 is 2.41 bits per heavy atom. The van der Waals surface area contributed by atoms with Crippen molar-refractivity contribution in [3.8, 4) is 0 Å². The van der Waals surface area contributed by atoms with Crippen molar-refractivity contribution in [3.05, 3.63) is 0 Å². The second kappa shape index (κ2) is 10.3. The average molecular weight is 241 g/mol. The number of aliphatic imine (C=N–C) groups is 1. The van der Waals surface area contributed by atoms with Crippen molar-refractivity contribution >= 4 is 12.2 Å². The molecule has 0 amide bonds. The van der Waals surface area contributed by atoms with E-state index in [0.717, 1.165) is 19.3 Å². The summed E-state index contributed by atoms with van der Waals surface area (Å²) in [5, 5.41) is 9.03. The highest BCUT2D eigenvalue weighted by molar-refractivity contribution is 5.76. The lowest BCUT2D eigenvalue weighted by Gasteiger charge is -2.13. The molecule has 3 nitrogen and oxygen atoms in total. The molecule has 100 valence electrons. The van der Waals surface area contributed by atoms with Crippen LogP contribution in [-0.4, -0.2) is 23.3 Å². The zero-order valence-corrected chi connectivity index (χ0v) is 11.5. The minimum absolute atomic E-state index is 0.115. The van der Waals surface area contributed by atoms with Crippen LogP contribution in [0.5, 0.6) is 0 Å². The van der Waals surface area contributed by atoms with E-state index in [9.17, 15) is 4.79 Å². The third-order valence-electron chi connectivity index (χ3n) is 3.14. The molecule has 0 saturated heterocycles. The smallest absolute Gasteiger partial charge is 0.328 e. The predicted molar refractivity (Wildman–Crippen MR) is 72.7 cm³/mol. The van der Waals surface area contributed by atoms with E-state index < -0.39 is 12.0 Å². The van der Waals surface area contributed by atoms with E-state index in [0.29, 0.717) is 0 Å². The van der Waals surface area contributed by atoms with Crippen LogP contribution in [0.25, 0.3) is 0 Å². The SMILES string of the molecule is CCCCCCCC=N[C@H](C(=O)O)[C@@H](C)CC. The summed E-state index contributed by atoms with van der Waals surface area (Å²) in [6.07, 6.45) is 9.73. The van der Waals surface area contributed by atoms with Crippen LogP contribution in [0.4, 0.5) is 0 Å². The minimum Gasteiger partial charge on any atom is -0.480 e. The Morgan fingerprint density at radius 2 is 1.88 bits per heavy atom. The van der Waals surface area contributed by atoms with Gasteiger partial charge in [0.1, 0.15) is 6.04 Å². The zero-order chi connectivity index (χ0) is 13.1. The largest absolute Gasteiger partial charge is 0.480 e. The number of rotatable bonds is 10. The van der Waals surface area contributed by atoms with E-state index in [2.05, 4.69) is 11.9 Å². The first-order valence-corrected chi connectivity index (χ1v) is 6.87. The molecule has 0 aliphatic carbocycles. The number of carboxylic acids is 1. The van der Waals surface area contributed by atoms with Crippen molar-refractivity contribution in [2.75, 3.05) is 0 Å². The van der Waals surface area contributed by atoms with Crippen LogP contribution in [0.15, 0.2) is 4.99 Å². The molecule has 0 spiro atoms. The topological polar surface area (TPSA) is 49.7 Å². The normalized spacial score (nSPS) is 15.0. The molecule has 0 unspecified atom stereocenters. The van der Waals surface area contributed by atoms with Crippen LogP contribution in [0.1, 0.15) is 65.7 Å². The van der Waals surface area contributed by atoms with Crippen LogP contribution in [0.2, 0.25) is 0 Å². The maximum Gasteiger partial charge on any atom is 0.328 e. The van der Waals surface area contributed by atoms with Gasteiger partial charge in [-0.2, -0.15) is 0 Å². The summed E-state index contributed by atoms with van der Waals surface area (Å²) in [6, 6.07) is -0.560. The molecule has 0 aromatic carbocycles. The predicted octanol–water partition coefficient (Wildman–Crippen LogP) is 3.92. The van der Waals surface area contributed by atoms with Crippen molar-refractivity contribution in [3.63, 3.8) is 0 Å². The van der Waals surface area contributed by atoms with Crippen LogP contribution in [0.3, 0.4) is 0 Å². The Hall–Kier alpha value is -0.860. The Balaban J connectivity index is 3.82.